The van der Waals surface area contributed by atoms with E-state index in [1.165, 1.54) is 12.3 Å². The van der Waals surface area contributed by atoms with Crippen LogP contribution in [0.5, 0.6) is 0 Å². The first-order chi connectivity index (χ1) is 6.86. The van der Waals surface area contributed by atoms with Crippen LogP contribution in [-0.2, 0) is 0 Å². The van der Waals surface area contributed by atoms with Crippen molar-refractivity contribution in [1.82, 2.24) is 4.98 Å². The van der Waals surface area contributed by atoms with Crippen LogP contribution in [0.3, 0.4) is 0 Å². The van der Waals surface area contributed by atoms with Gasteiger partial charge in [-0.25, -0.2) is 0 Å². The Morgan fingerprint density at radius 1 is 1.33 bits per heavy atom. The second kappa shape index (κ2) is 4.74. The summed E-state index contributed by atoms with van der Waals surface area (Å²) in [5.74, 6) is -1.20. The number of ketones is 2. The smallest absolute Gasteiger partial charge is 0.254 e. The van der Waals surface area contributed by atoms with Crippen molar-refractivity contribution in [1.29, 1.82) is 0 Å². The molecule has 0 amide bonds. The van der Waals surface area contributed by atoms with E-state index in [1.54, 1.807) is 0 Å². The quantitative estimate of drug-likeness (QED) is 0.687. The number of alkyl halides is 4. The molecule has 0 unspecified atom stereocenters. The Labute approximate surface area is 106 Å². The highest BCUT2D eigenvalue weighted by molar-refractivity contribution is 6.77. The Kier molecular flexibility index (Phi) is 4.06. The lowest BCUT2D eigenvalue weighted by Gasteiger charge is -2.06. The normalized spacial score (nSPS) is 11.5. The Morgan fingerprint density at radius 2 is 1.93 bits per heavy atom. The summed E-state index contributed by atoms with van der Waals surface area (Å²) in [7, 11) is 0. The third-order valence-electron chi connectivity index (χ3n) is 1.63. The molecule has 1 aromatic rings. The fourth-order valence-electron chi connectivity index (χ4n) is 0.916. The summed E-state index contributed by atoms with van der Waals surface area (Å²) in [6, 6.07) is 1.30. The van der Waals surface area contributed by atoms with Gasteiger partial charge in [0.1, 0.15) is 0 Å². The molecule has 0 bridgehead atoms. The average molecular weight is 289 g/mol. The van der Waals surface area contributed by atoms with Crippen LogP contribution in [0.1, 0.15) is 20.8 Å². The fraction of sp³-hybridized carbons (Fsp3) is 0.250. The van der Waals surface area contributed by atoms with Crippen LogP contribution in [-0.4, -0.2) is 26.2 Å². The number of carbonyl (C=O) groups is 2. The van der Waals surface area contributed by atoms with Crippen molar-refractivity contribution in [3.63, 3.8) is 0 Å². The maximum absolute atomic E-state index is 11.4. The summed E-state index contributed by atoms with van der Waals surface area (Å²) >= 11 is 21.5. The molecule has 15 heavy (non-hydrogen) atoms. The molecule has 0 aliphatic heterocycles. The third-order valence-corrected chi connectivity index (χ3v) is 2.39. The molecule has 82 valence electrons. The summed E-state index contributed by atoms with van der Waals surface area (Å²) in [6.45, 7) is 0. The highest BCUT2D eigenvalue weighted by atomic mass is 35.6. The molecule has 1 rings (SSSR count). The van der Waals surface area contributed by atoms with Crippen LogP contribution in [0.4, 0.5) is 0 Å². The van der Waals surface area contributed by atoms with Crippen molar-refractivity contribution in [3.05, 3.63) is 23.5 Å². The number of hydrogen-bond acceptors (Lipinski definition) is 2. The predicted octanol–water partition coefficient (Wildman–Crippen LogP) is 2.99. The van der Waals surface area contributed by atoms with E-state index in [4.69, 9.17) is 46.4 Å². The largest absolute Gasteiger partial charge is 0.358 e. The van der Waals surface area contributed by atoms with Gasteiger partial charge in [-0.05, 0) is 6.07 Å². The molecular formula is C8H5Cl4NO2. The number of halogens is 4. The number of H-pyrrole nitrogens is 1. The minimum Gasteiger partial charge on any atom is -0.358 e. The molecule has 1 heterocycles. The zero-order valence-corrected chi connectivity index (χ0v) is 10.2. The minimum absolute atomic E-state index is 0.0588. The van der Waals surface area contributed by atoms with Crippen molar-refractivity contribution in [2.24, 2.45) is 0 Å². The number of rotatable bonds is 3. The molecule has 0 spiro atoms. The molecule has 0 aliphatic rings. The lowest BCUT2D eigenvalue weighted by Crippen LogP contribution is -2.19. The molecule has 1 aromatic heterocycles. The molecule has 0 radical (unpaired) electrons. The summed E-state index contributed by atoms with van der Waals surface area (Å²) in [6.07, 6.45) is 1.34. The van der Waals surface area contributed by atoms with Crippen LogP contribution in [0.25, 0.3) is 0 Å². The number of nitrogens with one attached hydrogen (secondary N) is 1. The maximum atomic E-state index is 11.4. The van der Waals surface area contributed by atoms with Gasteiger partial charge in [0.05, 0.1) is 11.6 Å². The first kappa shape index (κ1) is 12.8. The molecule has 3 nitrogen and oxygen atoms in total. The number of carbonyl (C=O) groups excluding carboxylic acids is 2. The van der Waals surface area contributed by atoms with E-state index >= 15 is 0 Å². The van der Waals surface area contributed by atoms with Crippen LogP contribution < -0.4 is 0 Å². The fourth-order valence-corrected chi connectivity index (χ4v) is 1.38. The molecule has 0 aromatic carbocycles. The highest BCUT2D eigenvalue weighted by Crippen LogP contribution is 2.30. The van der Waals surface area contributed by atoms with Crippen LogP contribution in [0, 0.1) is 0 Å². The highest BCUT2D eigenvalue weighted by Gasteiger charge is 2.32. The van der Waals surface area contributed by atoms with Gasteiger partial charge >= 0.3 is 0 Å². The lowest BCUT2D eigenvalue weighted by atomic mass is 10.2. The molecule has 0 saturated heterocycles. The van der Waals surface area contributed by atoms with Gasteiger partial charge < -0.3 is 4.98 Å². The number of aromatic nitrogens is 1. The first-order valence-electron chi connectivity index (χ1n) is 3.75. The second-order valence-corrected chi connectivity index (χ2v) is 5.23. The Hall–Kier alpha value is -0.220. The number of aromatic amines is 1. The Balaban J connectivity index is 2.95. The predicted molar refractivity (Wildman–Crippen MR) is 60.5 cm³/mol. The SMILES string of the molecule is O=C(CCl)c1c[nH]c(C(=O)C(Cl)(Cl)Cl)c1. The number of Topliss-reactive ketones (excluding diaryl/α,β-unsaturated/α-hetero) is 2. The monoisotopic (exact) mass is 287 g/mol. The molecule has 0 fully saturated rings. The Bertz CT molecular complexity index is 394. The van der Waals surface area contributed by atoms with E-state index < -0.39 is 9.58 Å². The Morgan fingerprint density at radius 3 is 2.40 bits per heavy atom. The summed E-state index contributed by atoms with van der Waals surface area (Å²) < 4.78 is -2.04. The van der Waals surface area contributed by atoms with Gasteiger partial charge in [0.15, 0.2) is 5.78 Å². The van der Waals surface area contributed by atoms with Gasteiger partial charge in [-0.15, -0.1) is 11.6 Å². The molecular weight excluding hydrogens is 284 g/mol. The van der Waals surface area contributed by atoms with E-state index in [1.807, 2.05) is 0 Å². The standard InChI is InChI=1S/C8H5Cl4NO2/c9-2-6(14)4-1-5(13-3-4)7(15)8(10,11)12/h1,3,13H,2H2. The third kappa shape index (κ3) is 3.11. The first-order valence-corrected chi connectivity index (χ1v) is 5.42. The van der Waals surface area contributed by atoms with Crippen molar-refractivity contribution in [2.75, 3.05) is 5.88 Å². The molecule has 1 N–H and O–H groups in total. The van der Waals surface area contributed by atoms with Crippen LogP contribution >= 0.6 is 46.4 Å². The van der Waals surface area contributed by atoms with E-state index in [2.05, 4.69) is 4.98 Å². The topological polar surface area (TPSA) is 49.9 Å². The van der Waals surface area contributed by atoms with Crippen molar-refractivity contribution >= 4 is 58.0 Å². The van der Waals surface area contributed by atoms with Gasteiger partial charge in [-0.2, -0.15) is 0 Å². The van der Waals surface area contributed by atoms with E-state index in [0.717, 1.165) is 0 Å². The average Bonchev–Trinajstić information content (AvgIpc) is 2.62. The van der Waals surface area contributed by atoms with Gasteiger partial charge in [0, 0.05) is 11.8 Å². The summed E-state index contributed by atoms with van der Waals surface area (Å²) in [4.78, 5) is 25.1. The van der Waals surface area contributed by atoms with E-state index in [-0.39, 0.29) is 22.9 Å². The zero-order chi connectivity index (χ0) is 11.6. The van der Waals surface area contributed by atoms with Gasteiger partial charge in [-0.3, -0.25) is 9.59 Å². The van der Waals surface area contributed by atoms with E-state index in [0.29, 0.717) is 0 Å². The molecule has 0 aliphatic carbocycles. The van der Waals surface area contributed by atoms with Crippen LogP contribution in [0.2, 0.25) is 0 Å². The van der Waals surface area contributed by atoms with Crippen molar-refractivity contribution < 1.29 is 9.59 Å². The molecule has 0 atom stereocenters. The van der Waals surface area contributed by atoms with Gasteiger partial charge in [0.2, 0.25) is 5.78 Å². The van der Waals surface area contributed by atoms with Crippen molar-refractivity contribution in [3.8, 4) is 0 Å². The second-order valence-electron chi connectivity index (χ2n) is 2.69. The van der Waals surface area contributed by atoms with Gasteiger partial charge in [0.25, 0.3) is 3.79 Å². The summed E-state index contributed by atoms with van der Waals surface area (Å²) in [5.41, 5.74) is 0.339. The van der Waals surface area contributed by atoms with E-state index in [9.17, 15) is 9.59 Å². The number of hydrogen-bond donors (Lipinski definition) is 1. The van der Waals surface area contributed by atoms with Gasteiger partial charge in [-0.1, -0.05) is 34.8 Å². The van der Waals surface area contributed by atoms with Crippen LogP contribution in [0.15, 0.2) is 12.3 Å². The zero-order valence-electron chi connectivity index (χ0n) is 7.19. The van der Waals surface area contributed by atoms with Crippen molar-refractivity contribution in [2.45, 2.75) is 3.79 Å². The minimum atomic E-state index is -2.04. The molecule has 0 saturated carbocycles. The summed E-state index contributed by atoms with van der Waals surface area (Å²) in [5, 5.41) is 0. The lowest BCUT2D eigenvalue weighted by molar-refractivity contribution is 0.0991. The maximum Gasteiger partial charge on any atom is 0.254 e. The molecule has 7 heteroatoms.